The number of hydrogen-bond acceptors (Lipinski definition) is 4. The molecule has 2 heterocycles. The number of thiazole rings is 1. The maximum absolute atomic E-state index is 11.5. The summed E-state index contributed by atoms with van der Waals surface area (Å²) in [4.78, 5) is 4.76. The first-order valence-electron chi connectivity index (χ1n) is 4.16. The van der Waals surface area contributed by atoms with Crippen LogP contribution in [0.2, 0.25) is 4.47 Å². The van der Waals surface area contributed by atoms with Crippen LogP contribution in [0.4, 0.5) is 0 Å². The zero-order chi connectivity index (χ0) is 10.2. The highest BCUT2D eigenvalue weighted by Crippen LogP contribution is 2.23. The lowest BCUT2D eigenvalue weighted by molar-refractivity contribution is 0.443. The first-order chi connectivity index (χ1) is 6.58. The van der Waals surface area contributed by atoms with Gasteiger partial charge in [0.05, 0.1) is 5.75 Å². The molecule has 1 fully saturated rings. The quantitative estimate of drug-likeness (QED) is 0.798. The van der Waals surface area contributed by atoms with Gasteiger partial charge in [0.15, 0.2) is 4.47 Å². The van der Waals surface area contributed by atoms with Crippen molar-refractivity contribution in [3.8, 4) is 0 Å². The average Bonchev–Trinajstić information content (AvgIpc) is 2.61. The van der Waals surface area contributed by atoms with Crippen molar-refractivity contribution < 1.29 is 8.42 Å². The fraction of sp³-hybridized carbons (Fsp3) is 0.571. The van der Waals surface area contributed by atoms with E-state index in [0.29, 0.717) is 17.6 Å². The lowest BCUT2D eigenvalue weighted by Crippen LogP contribution is -2.24. The van der Waals surface area contributed by atoms with E-state index in [9.17, 15) is 8.42 Å². The Bertz CT molecular complexity index is 429. The molecule has 0 aromatic carbocycles. The van der Waals surface area contributed by atoms with Gasteiger partial charge in [-0.25, -0.2) is 13.4 Å². The molecule has 0 N–H and O–H groups in total. The Labute approximate surface area is 91.6 Å². The monoisotopic (exact) mass is 252 g/mol. The maximum Gasteiger partial charge on any atom is 0.214 e. The van der Waals surface area contributed by atoms with Crippen LogP contribution in [-0.2, 0) is 16.6 Å². The molecule has 1 aromatic rings. The predicted molar refractivity (Wildman–Crippen MR) is 55.9 cm³/mol. The van der Waals surface area contributed by atoms with Crippen LogP contribution in [0, 0.1) is 0 Å². The molecule has 4 nitrogen and oxygen atoms in total. The second kappa shape index (κ2) is 3.77. The van der Waals surface area contributed by atoms with Crippen LogP contribution >= 0.6 is 22.9 Å². The van der Waals surface area contributed by atoms with Gasteiger partial charge in [0.2, 0.25) is 10.0 Å². The summed E-state index contributed by atoms with van der Waals surface area (Å²) in [5.74, 6) is 0.263. The van der Waals surface area contributed by atoms with Crippen LogP contribution in [0.1, 0.15) is 11.3 Å². The summed E-state index contributed by atoms with van der Waals surface area (Å²) in [5, 5.41) is 0. The van der Waals surface area contributed by atoms with E-state index in [0.717, 1.165) is 11.3 Å². The van der Waals surface area contributed by atoms with Gasteiger partial charge in [0.1, 0.15) is 0 Å². The molecule has 0 aliphatic carbocycles. The van der Waals surface area contributed by atoms with Gasteiger partial charge in [0.25, 0.3) is 0 Å². The summed E-state index contributed by atoms with van der Waals surface area (Å²) >= 11 is 6.98. The molecule has 1 aliphatic heterocycles. The molecule has 7 heteroatoms. The van der Waals surface area contributed by atoms with Crippen LogP contribution in [0.5, 0.6) is 0 Å². The predicted octanol–water partition coefficient (Wildman–Crippen LogP) is 1.33. The van der Waals surface area contributed by atoms with E-state index in [1.165, 1.54) is 15.6 Å². The van der Waals surface area contributed by atoms with Gasteiger partial charge in [0, 0.05) is 24.2 Å². The summed E-state index contributed by atoms with van der Waals surface area (Å²) in [5.41, 5.74) is 0. The van der Waals surface area contributed by atoms with E-state index in [1.54, 1.807) is 6.20 Å². The molecule has 0 radical (unpaired) electrons. The fourth-order valence-electron chi connectivity index (χ4n) is 1.40. The van der Waals surface area contributed by atoms with Crippen molar-refractivity contribution in [1.29, 1.82) is 0 Å². The third-order valence-electron chi connectivity index (χ3n) is 2.06. The van der Waals surface area contributed by atoms with Gasteiger partial charge >= 0.3 is 0 Å². The Morgan fingerprint density at radius 2 is 2.43 bits per heavy atom. The molecule has 0 atom stereocenters. The number of sulfonamides is 1. The Morgan fingerprint density at radius 3 is 2.93 bits per heavy atom. The first-order valence-corrected chi connectivity index (χ1v) is 6.96. The van der Waals surface area contributed by atoms with Crippen LogP contribution < -0.4 is 0 Å². The molecule has 1 aromatic heterocycles. The summed E-state index contributed by atoms with van der Waals surface area (Å²) in [6.45, 7) is 1.02. The summed E-state index contributed by atoms with van der Waals surface area (Å²) in [7, 11) is -3.01. The van der Waals surface area contributed by atoms with Crippen LogP contribution in [0.25, 0.3) is 0 Å². The van der Waals surface area contributed by atoms with E-state index in [1.807, 2.05) is 0 Å². The van der Waals surface area contributed by atoms with Crippen molar-refractivity contribution in [1.82, 2.24) is 9.29 Å². The van der Waals surface area contributed by atoms with Gasteiger partial charge in [-0.15, -0.1) is 11.3 Å². The molecular weight excluding hydrogens is 244 g/mol. The van der Waals surface area contributed by atoms with E-state index in [2.05, 4.69) is 4.98 Å². The van der Waals surface area contributed by atoms with Gasteiger partial charge in [-0.1, -0.05) is 11.6 Å². The van der Waals surface area contributed by atoms with E-state index in [4.69, 9.17) is 11.6 Å². The fourth-order valence-corrected chi connectivity index (χ4v) is 3.97. The van der Waals surface area contributed by atoms with Gasteiger partial charge < -0.3 is 0 Å². The third kappa shape index (κ3) is 2.08. The normalized spacial score (nSPS) is 21.5. The molecule has 0 bridgehead atoms. The Kier molecular flexibility index (Phi) is 2.79. The number of rotatable bonds is 2. The zero-order valence-corrected chi connectivity index (χ0v) is 9.70. The maximum atomic E-state index is 11.5. The van der Waals surface area contributed by atoms with Gasteiger partial charge in [-0.05, 0) is 6.42 Å². The number of nitrogens with zero attached hydrogens (tertiary/aromatic N) is 2. The molecule has 2 rings (SSSR count). The summed E-state index contributed by atoms with van der Waals surface area (Å²) < 4.78 is 24.8. The highest BCUT2D eigenvalue weighted by molar-refractivity contribution is 7.89. The van der Waals surface area contributed by atoms with Crippen LogP contribution in [0.15, 0.2) is 6.20 Å². The minimum Gasteiger partial charge on any atom is -0.233 e. The van der Waals surface area contributed by atoms with Gasteiger partial charge in [-0.3, -0.25) is 0 Å². The molecule has 1 aliphatic rings. The summed E-state index contributed by atoms with van der Waals surface area (Å²) in [6, 6.07) is 0. The average molecular weight is 253 g/mol. The topological polar surface area (TPSA) is 50.3 Å². The number of hydrogen-bond donors (Lipinski definition) is 0. The number of halogens is 1. The van der Waals surface area contributed by atoms with Crippen molar-refractivity contribution in [3.05, 3.63) is 15.5 Å². The first kappa shape index (κ1) is 10.4. The Hall–Kier alpha value is -0.170. The van der Waals surface area contributed by atoms with E-state index < -0.39 is 10.0 Å². The molecular formula is C7H9ClN2O2S2. The molecule has 0 amide bonds. The van der Waals surface area contributed by atoms with Crippen molar-refractivity contribution >= 4 is 33.0 Å². The lowest BCUT2D eigenvalue weighted by atomic mass is 10.4. The smallest absolute Gasteiger partial charge is 0.214 e. The van der Waals surface area contributed by atoms with Crippen molar-refractivity contribution in [2.45, 2.75) is 13.0 Å². The molecule has 1 saturated heterocycles. The Balaban J connectivity index is 2.12. The SMILES string of the molecule is O=S1(=O)CCCN1Cc1cnc(Cl)s1. The molecule has 0 saturated carbocycles. The van der Waals surface area contributed by atoms with Crippen LogP contribution in [-0.4, -0.2) is 30.0 Å². The minimum atomic E-state index is -3.01. The van der Waals surface area contributed by atoms with Gasteiger partial charge in [-0.2, -0.15) is 4.31 Å². The molecule has 0 unspecified atom stereocenters. The van der Waals surface area contributed by atoms with Crippen molar-refractivity contribution in [2.24, 2.45) is 0 Å². The highest BCUT2D eigenvalue weighted by atomic mass is 35.5. The summed E-state index contributed by atoms with van der Waals surface area (Å²) in [6.07, 6.45) is 2.34. The van der Waals surface area contributed by atoms with Crippen molar-refractivity contribution in [2.75, 3.05) is 12.3 Å². The second-order valence-corrected chi connectivity index (χ2v) is 6.87. The van der Waals surface area contributed by atoms with E-state index >= 15 is 0 Å². The molecule has 0 spiro atoms. The Morgan fingerprint density at radius 1 is 1.64 bits per heavy atom. The largest absolute Gasteiger partial charge is 0.233 e. The highest BCUT2D eigenvalue weighted by Gasteiger charge is 2.28. The second-order valence-electron chi connectivity index (χ2n) is 3.08. The minimum absolute atomic E-state index is 0.263. The number of aromatic nitrogens is 1. The van der Waals surface area contributed by atoms with Crippen LogP contribution in [0.3, 0.4) is 0 Å². The zero-order valence-electron chi connectivity index (χ0n) is 7.31. The lowest BCUT2D eigenvalue weighted by Gasteiger charge is -2.11. The third-order valence-corrected chi connectivity index (χ3v) is 5.06. The molecule has 78 valence electrons. The molecule has 14 heavy (non-hydrogen) atoms. The van der Waals surface area contributed by atoms with E-state index in [-0.39, 0.29) is 5.75 Å². The standard InChI is InChI=1S/C7H9ClN2O2S2/c8-7-9-4-6(13-7)5-10-2-1-3-14(10,11)12/h4H,1-3,5H2. The van der Waals surface area contributed by atoms with Crippen molar-refractivity contribution in [3.63, 3.8) is 0 Å².